The van der Waals surface area contributed by atoms with Gasteiger partial charge < -0.3 is 5.11 Å². The summed E-state index contributed by atoms with van der Waals surface area (Å²) >= 11 is 0. The highest BCUT2D eigenvalue weighted by atomic mass is 16.3. The fourth-order valence-electron chi connectivity index (χ4n) is 10.2. The van der Waals surface area contributed by atoms with Crippen LogP contribution in [0.2, 0.25) is 0 Å². The molecule has 1 N–H and O–H groups in total. The summed E-state index contributed by atoms with van der Waals surface area (Å²) in [6.45, 7) is 9.96. The number of aliphatic hydroxyl groups excluding tert-OH is 1. The number of Topliss-reactive ketones (excluding diaryl/α,β-unsaturated/α-hetero) is 1. The third kappa shape index (κ3) is 2.27. The molecule has 9 atom stereocenters. The Labute approximate surface area is 182 Å². The maximum Gasteiger partial charge on any atom is 0.176 e. The molecule has 3 nitrogen and oxygen atoms in total. The number of aliphatic hydroxyl groups is 1. The highest BCUT2D eigenvalue weighted by Crippen LogP contribution is 2.75. The van der Waals surface area contributed by atoms with Gasteiger partial charge in [0.1, 0.15) is 6.07 Å². The fraction of sp³-hybridized carbons (Fsp3) is 0.852. The van der Waals surface area contributed by atoms with Crippen LogP contribution in [0.15, 0.2) is 11.6 Å². The quantitative estimate of drug-likeness (QED) is 0.606. The number of rotatable bonds is 1. The van der Waals surface area contributed by atoms with Crippen molar-refractivity contribution in [3.05, 3.63) is 11.6 Å². The molecule has 0 amide bonds. The SMILES string of the molecule is CC1C(=O)C(C#N)=CC2(C)C1CCC1(C)C2CCC2C3CCCC3(CO)CC[C@]21C. The topological polar surface area (TPSA) is 61.1 Å². The monoisotopic (exact) mass is 409 g/mol. The molecule has 0 bridgehead atoms. The number of nitriles is 1. The Morgan fingerprint density at radius 3 is 2.47 bits per heavy atom. The maximum atomic E-state index is 12.8. The first-order chi connectivity index (χ1) is 14.2. The van der Waals surface area contributed by atoms with E-state index in [2.05, 4.69) is 39.8 Å². The van der Waals surface area contributed by atoms with E-state index in [1.807, 2.05) is 0 Å². The van der Waals surface area contributed by atoms with E-state index in [9.17, 15) is 15.2 Å². The molecule has 0 aromatic rings. The van der Waals surface area contributed by atoms with Crippen LogP contribution in [0.5, 0.6) is 0 Å². The molecule has 0 spiro atoms. The van der Waals surface area contributed by atoms with E-state index in [4.69, 9.17) is 0 Å². The van der Waals surface area contributed by atoms with Crippen molar-refractivity contribution < 1.29 is 9.90 Å². The van der Waals surface area contributed by atoms with E-state index in [-0.39, 0.29) is 27.9 Å². The van der Waals surface area contributed by atoms with Gasteiger partial charge in [0, 0.05) is 12.5 Å². The lowest BCUT2D eigenvalue weighted by Crippen LogP contribution is -2.64. The van der Waals surface area contributed by atoms with Crippen LogP contribution in [-0.4, -0.2) is 17.5 Å². The van der Waals surface area contributed by atoms with E-state index in [0.29, 0.717) is 41.3 Å². The summed E-state index contributed by atoms with van der Waals surface area (Å²) in [5.41, 5.74) is 1.08. The normalized spacial score (nSPS) is 54.9. The van der Waals surface area contributed by atoms with Crippen molar-refractivity contribution in [2.75, 3.05) is 6.61 Å². The smallest absolute Gasteiger partial charge is 0.176 e. The first-order valence-electron chi connectivity index (χ1n) is 12.4. The zero-order valence-electron chi connectivity index (χ0n) is 19.3. The highest BCUT2D eigenvalue weighted by molar-refractivity contribution is 6.01. The summed E-state index contributed by atoms with van der Waals surface area (Å²) in [4.78, 5) is 12.8. The molecule has 8 unspecified atom stereocenters. The number of hydrogen-bond acceptors (Lipinski definition) is 3. The summed E-state index contributed by atoms with van der Waals surface area (Å²) in [6, 6.07) is 2.24. The third-order valence-electron chi connectivity index (χ3n) is 12.0. The van der Waals surface area contributed by atoms with Crippen molar-refractivity contribution >= 4 is 5.78 Å². The Bertz CT molecular complexity index is 840. The predicted molar refractivity (Wildman–Crippen MR) is 117 cm³/mol. The number of ketones is 1. The summed E-state index contributed by atoms with van der Waals surface area (Å²) in [6.07, 6.45) is 13.1. The Hall–Kier alpha value is -1.14. The molecule has 5 aliphatic carbocycles. The van der Waals surface area contributed by atoms with Gasteiger partial charge in [-0.15, -0.1) is 0 Å². The molecule has 0 aromatic carbocycles. The van der Waals surface area contributed by atoms with E-state index in [0.717, 1.165) is 6.42 Å². The van der Waals surface area contributed by atoms with Gasteiger partial charge in [0.2, 0.25) is 0 Å². The van der Waals surface area contributed by atoms with Gasteiger partial charge in [0.15, 0.2) is 5.78 Å². The van der Waals surface area contributed by atoms with E-state index < -0.39 is 0 Å². The average Bonchev–Trinajstić information content (AvgIpc) is 3.16. The van der Waals surface area contributed by atoms with Crippen LogP contribution in [-0.2, 0) is 4.79 Å². The zero-order chi connectivity index (χ0) is 21.5. The fourth-order valence-corrected chi connectivity index (χ4v) is 10.2. The van der Waals surface area contributed by atoms with Crippen molar-refractivity contribution in [2.45, 2.75) is 85.5 Å². The number of carbonyl (C=O) groups is 1. The number of carbonyl (C=O) groups excluding carboxylic acids is 1. The van der Waals surface area contributed by atoms with Gasteiger partial charge in [-0.3, -0.25) is 4.79 Å². The lowest BCUT2D eigenvalue weighted by atomic mass is 9.34. The molecule has 164 valence electrons. The van der Waals surface area contributed by atoms with Crippen LogP contribution in [0.4, 0.5) is 0 Å². The molecule has 0 saturated heterocycles. The van der Waals surface area contributed by atoms with Crippen LogP contribution < -0.4 is 0 Å². The van der Waals surface area contributed by atoms with Gasteiger partial charge in [-0.2, -0.15) is 5.26 Å². The van der Waals surface area contributed by atoms with Crippen LogP contribution in [0.1, 0.15) is 85.5 Å². The largest absolute Gasteiger partial charge is 0.396 e. The third-order valence-corrected chi connectivity index (χ3v) is 12.0. The van der Waals surface area contributed by atoms with Crippen molar-refractivity contribution in [1.82, 2.24) is 0 Å². The van der Waals surface area contributed by atoms with Crippen molar-refractivity contribution in [3.8, 4) is 6.07 Å². The average molecular weight is 410 g/mol. The van der Waals surface area contributed by atoms with Gasteiger partial charge in [-0.05, 0) is 96.7 Å². The molecule has 3 heteroatoms. The van der Waals surface area contributed by atoms with Crippen LogP contribution >= 0.6 is 0 Å². The molecule has 0 aromatic heterocycles. The molecule has 4 saturated carbocycles. The van der Waals surface area contributed by atoms with Crippen LogP contribution in [0.3, 0.4) is 0 Å². The van der Waals surface area contributed by atoms with E-state index in [1.165, 1.54) is 51.4 Å². The first-order valence-corrected chi connectivity index (χ1v) is 12.4. The van der Waals surface area contributed by atoms with Gasteiger partial charge in [-0.25, -0.2) is 0 Å². The minimum absolute atomic E-state index is 0.0343. The molecular formula is C27H39NO2. The Morgan fingerprint density at radius 2 is 1.77 bits per heavy atom. The van der Waals surface area contributed by atoms with E-state index >= 15 is 0 Å². The summed E-state index contributed by atoms with van der Waals surface area (Å²) in [7, 11) is 0. The van der Waals surface area contributed by atoms with Crippen LogP contribution in [0, 0.1) is 62.6 Å². The second-order valence-corrected chi connectivity index (χ2v) is 12.4. The summed E-state index contributed by atoms with van der Waals surface area (Å²) in [5.74, 6) is 2.33. The standard InChI is InChI=1S/C27H39NO2/c1-17-19-9-11-26(4)22(24(19,2)14-18(15-28)23(17)30)8-7-20-21-6-5-10-27(21,16-29)13-12-25(20,26)3/h14,17,19-22,29H,5-13,16H2,1-4H3/t17?,19?,20?,21?,22?,24?,25-,26?,27?/m1/s1. The number of fused-ring (bicyclic) bond motifs is 7. The minimum atomic E-state index is -0.0550. The van der Waals surface area contributed by atoms with Crippen molar-refractivity contribution in [3.63, 3.8) is 0 Å². The minimum Gasteiger partial charge on any atom is -0.396 e. The lowest BCUT2D eigenvalue weighted by Gasteiger charge is -2.70. The molecular weight excluding hydrogens is 370 g/mol. The lowest BCUT2D eigenvalue weighted by molar-refractivity contribution is -0.213. The van der Waals surface area contributed by atoms with Gasteiger partial charge in [0.25, 0.3) is 0 Å². The Morgan fingerprint density at radius 1 is 1.00 bits per heavy atom. The molecule has 4 fully saturated rings. The molecule has 5 aliphatic rings. The predicted octanol–water partition coefficient (Wildman–Crippen LogP) is 5.68. The van der Waals surface area contributed by atoms with E-state index in [1.54, 1.807) is 0 Å². The number of hydrogen-bond donors (Lipinski definition) is 1. The second kappa shape index (κ2) is 6.44. The Kier molecular flexibility index (Phi) is 4.45. The highest BCUT2D eigenvalue weighted by Gasteiger charge is 2.68. The summed E-state index contributed by atoms with van der Waals surface area (Å²) in [5, 5.41) is 20.0. The van der Waals surface area contributed by atoms with Gasteiger partial charge >= 0.3 is 0 Å². The van der Waals surface area contributed by atoms with Crippen molar-refractivity contribution in [2.24, 2.45) is 51.2 Å². The molecule has 30 heavy (non-hydrogen) atoms. The zero-order valence-corrected chi connectivity index (χ0v) is 19.3. The molecule has 0 heterocycles. The molecule has 0 aliphatic heterocycles. The van der Waals surface area contributed by atoms with Crippen LogP contribution in [0.25, 0.3) is 0 Å². The Balaban J connectivity index is 1.58. The maximum absolute atomic E-state index is 12.8. The number of allylic oxidation sites excluding steroid dienone is 2. The van der Waals surface area contributed by atoms with Gasteiger partial charge in [0.05, 0.1) is 5.57 Å². The summed E-state index contributed by atoms with van der Waals surface area (Å²) < 4.78 is 0. The van der Waals surface area contributed by atoms with Crippen molar-refractivity contribution in [1.29, 1.82) is 5.26 Å². The number of nitrogens with zero attached hydrogens (tertiary/aromatic N) is 1. The van der Waals surface area contributed by atoms with Gasteiger partial charge in [-0.1, -0.05) is 40.2 Å². The molecule has 5 rings (SSSR count). The molecule has 0 radical (unpaired) electrons. The first kappa shape index (κ1) is 20.7. The second-order valence-electron chi connectivity index (χ2n) is 12.4.